The number of nitrogens with zero attached hydrogens (tertiary/aromatic N) is 1. The number of nitro benzene ring substituents is 1. The van der Waals surface area contributed by atoms with Crippen LogP contribution in [0, 0.1) is 16.0 Å². The fourth-order valence-electron chi connectivity index (χ4n) is 5.89. The highest BCUT2D eigenvalue weighted by Gasteiger charge is 2.50. The van der Waals surface area contributed by atoms with E-state index >= 15 is 0 Å². The molecule has 1 saturated heterocycles. The highest BCUT2D eigenvalue weighted by molar-refractivity contribution is 5.69. The molecule has 0 amide bonds. The van der Waals surface area contributed by atoms with E-state index in [0.717, 1.165) is 0 Å². The van der Waals surface area contributed by atoms with Crippen LogP contribution in [0.4, 0.5) is 5.69 Å². The van der Waals surface area contributed by atoms with Crippen LogP contribution in [0.3, 0.4) is 0 Å². The number of benzene rings is 1. The van der Waals surface area contributed by atoms with E-state index in [-0.39, 0.29) is 38.2 Å². The number of ether oxygens (including phenoxy) is 5. The summed E-state index contributed by atoms with van der Waals surface area (Å²) in [5, 5.41) is 43.5. The maximum absolute atomic E-state index is 12.3. The van der Waals surface area contributed by atoms with Crippen LogP contribution in [0.15, 0.2) is 36.1 Å². The Bertz CT molecular complexity index is 1170. The lowest BCUT2D eigenvalue weighted by Crippen LogP contribution is -2.66. The molecule has 2 heterocycles. The summed E-state index contributed by atoms with van der Waals surface area (Å²) in [6.45, 7) is 3.34. The molecule has 2 fully saturated rings. The Morgan fingerprint density at radius 3 is 2.32 bits per heavy atom. The van der Waals surface area contributed by atoms with Gasteiger partial charge in [-0.2, -0.15) is 0 Å². The molecule has 44 heavy (non-hydrogen) atoms. The zero-order chi connectivity index (χ0) is 32.2. The maximum atomic E-state index is 12.3. The largest absolute Gasteiger partial charge is 0.468 e. The first kappa shape index (κ1) is 34.1. The van der Waals surface area contributed by atoms with Crippen LogP contribution >= 0.6 is 0 Å². The minimum absolute atomic E-state index is 0.00641. The highest BCUT2D eigenvalue weighted by Crippen LogP contribution is 2.35. The second kappa shape index (κ2) is 14.6. The highest BCUT2D eigenvalue weighted by atomic mass is 16.7. The van der Waals surface area contributed by atoms with Crippen molar-refractivity contribution < 1.29 is 48.7 Å². The number of carbonyl (C=O) groups is 1. The zero-order valence-electron chi connectivity index (χ0n) is 24.9. The number of hydrogen-bond donors (Lipinski definition) is 6. The third-order valence-electron chi connectivity index (χ3n) is 8.47. The summed E-state index contributed by atoms with van der Waals surface area (Å²) in [5.41, 5.74) is 18.2. The number of nitrogens with two attached hydrogens (primary N) is 3. The fourth-order valence-corrected chi connectivity index (χ4v) is 5.89. The number of hydrogen-bond acceptors (Lipinski definition) is 14. The average molecular weight is 625 g/mol. The summed E-state index contributed by atoms with van der Waals surface area (Å²) in [7, 11) is 0. The van der Waals surface area contributed by atoms with E-state index in [4.69, 9.17) is 40.9 Å². The van der Waals surface area contributed by atoms with Crippen LogP contribution in [-0.2, 0) is 35.1 Å². The van der Waals surface area contributed by atoms with Gasteiger partial charge in [-0.3, -0.25) is 14.9 Å². The van der Waals surface area contributed by atoms with Crippen LogP contribution in [-0.4, -0.2) is 93.5 Å². The van der Waals surface area contributed by atoms with Crippen molar-refractivity contribution in [3.05, 3.63) is 51.8 Å². The Kier molecular flexibility index (Phi) is 11.3. The third kappa shape index (κ3) is 8.10. The average Bonchev–Trinajstić information content (AvgIpc) is 2.97. The molecule has 0 radical (unpaired) electrons. The molecule has 11 unspecified atom stereocenters. The molecule has 0 aromatic heterocycles. The quantitative estimate of drug-likeness (QED) is 0.108. The molecule has 4 rings (SSSR count). The van der Waals surface area contributed by atoms with E-state index in [9.17, 15) is 30.2 Å². The Hall–Kier alpha value is -2.73. The van der Waals surface area contributed by atoms with Gasteiger partial charge in [-0.15, -0.1) is 0 Å². The third-order valence-corrected chi connectivity index (χ3v) is 8.47. The predicted octanol–water partition coefficient (Wildman–Crippen LogP) is 0.0598. The zero-order valence-corrected chi connectivity index (χ0v) is 24.9. The maximum Gasteiger partial charge on any atom is 0.306 e. The van der Waals surface area contributed by atoms with Gasteiger partial charge in [0.1, 0.15) is 31.0 Å². The number of non-ortho nitro benzene ring substituents is 1. The van der Waals surface area contributed by atoms with Crippen LogP contribution in [0.5, 0.6) is 0 Å². The Labute approximate surface area is 255 Å². The number of esters is 1. The van der Waals surface area contributed by atoms with Gasteiger partial charge < -0.3 is 56.2 Å². The molecule has 1 saturated carbocycles. The molecule has 11 atom stereocenters. The monoisotopic (exact) mass is 624 g/mol. The molecule has 0 bridgehead atoms. The van der Waals surface area contributed by atoms with Gasteiger partial charge in [0.15, 0.2) is 6.29 Å². The normalized spacial score (nSPS) is 37.5. The van der Waals surface area contributed by atoms with E-state index in [1.54, 1.807) is 13.0 Å². The van der Waals surface area contributed by atoms with Crippen LogP contribution in [0.2, 0.25) is 0 Å². The summed E-state index contributed by atoms with van der Waals surface area (Å²) >= 11 is 0. The van der Waals surface area contributed by atoms with Gasteiger partial charge in [-0.05, 0) is 50.0 Å². The minimum atomic E-state index is -1.31. The summed E-state index contributed by atoms with van der Waals surface area (Å²) in [4.78, 5) is 22.6. The molecular formula is C29H44N4O11. The van der Waals surface area contributed by atoms with Gasteiger partial charge in [-0.1, -0.05) is 6.92 Å². The molecule has 9 N–H and O–H groups in total. The molecule has 1 aromatic rings. The number of allylic oxidation sites excluding steroid dienone is 1. The summed E-state index contributed by atoms with van der Waals surface area (Å²) < 4.78 is 28.9. The standard InChI is InChI=1S/C29H44N4O11/c1-3-18-23(35)28(41-14-29(18,2)37)44-26-21(32)12-20(31)25(24(26)36)43-27-19(30)10-8-17(42-27)9-11-22(34)40-13-15-4-6-16(7-5-15)33(38)39/h4-8,18-21,23-28,35-37H,3,9-14,30-32H2,1-2H3. The van der Waals surface area contributed by atoms with Crippen molar-refractivity contribution in [1.82, 2.24) is 0 Å². The van der Waals surface area contributed by atoms with Gasteiger partial charge in [0, 0.05) is 36.6 Å². The molecule has 1 aromatic carbocycles. The van der Waals surface area contributed by atoms with Crippen LogP contribution in [0.25, 0.3) is 0 Å². The number of aliphatic hydroxyl groups is 3. The lowest BCUT2D eigenvalue weighted by molar-refractivity contribution is -0.384. The van der Waals surface area contributed by atoms with Crippen molar-refractivity contribution in [1.29, 1.82) is 0 Å². The number of rotatable bonds is 11. The van der Waals surface area contributed by atoms with E-state index in [1.165, 1.54) is 24.3 Å². The van der Waals surface area contributed by atoms with Gasteiger partial charge in [0.2, 0.25) is 6.29 Å². The summed E-state index contributed by atoms with van der Waals surface area (Å²) in [5.74, 6) is -0.535. The number of carbonyl (C=O) groups excluding carboxylic acids is 1. The molecule has 0 spiro atoms. The minimum Gasteiger partial charge on any atom is -0.468 e. The second-order valence-electron chi connectivity index (χ2n) is 11.9. The first-order valence-corrected chi connectivity index (χ1v) is 14.8. The van der Waals surface area contributed by atoms with E-state index < -0.39 is 77.5 Å². The van der Waals surface area contributed by atoms with Crippen LogP contribution in [0.1, 0.15) is 51.5 Å². The SMILES string of the molecule is CCC1C(O)C(OC2C(N)CC(N)C(OC3OC(CCC(=O)OCc4ccc([N+](=O)[O-])cc4)=CCC3N)C2O)OCC1(C)O. The van der Waals surface area contributed by atoms with Gasteiger partial charge in [0.05, 0.1) is 35.4 Å². The molecule has 246 valence electrons. The van der Waals surface area contributed by atoms with Crippen molar-refractivity contribution >= 4 is 11.7 Å². The molecular weight excluding hydrogens is 580 g/mol. The second-order valence-corrected chi connectivity index (χ2v) is 11.9. The number of nitro groups is 1. The molecule has 15 heteroatoms. The first-order valence-electron chi connectivity index (χ1n) is 14.8. The number of aliphatic hydroxyl groups excluding tert-OH is 2. The Morgan fingerprint density at radius 2 is 1.70 bits per heavy atom. The Balaban J connectivity index is 1.30. The van der Waals surface area contributed by atoms with Crippen molar-refractivity contribution in [3.8, 4) is 0 Å². The van der Waals surface area contributed by atoms with Gasteiger partial charge >= 0.3 is 5.97 Å². The lowest BCUT2D eigenvalue weighted by Gasteiger charge is -2.48. The Morgan fingerprint density at radius 1 is 1.07 bits per heavy atom. The lowest BCUT2D eigenvalue weighted by atomic mass is 9.80. The van der Waals surface area contributed by atoms with Crippen molar-refractivity contribution in [2.24, 2.45) is 23.1 Å². The molecule has 1 aliphatic carbocycles. The smallest absolute Gasteiger partial charge is 0.306 e. The van der Waals surface area contributed by atoms with Crippen molar-refractivity contribution in [2.75, 3.05) is 6.61 Å². The predicted molar refractivity (Wildman–Crippen MR) is 154 cm³/mol. The van der Waals surface area contributed by atoms with Gasteiger partial charge in [0.25, 0.3) is 5.69 Å². The van der Waals surface area contributed by atoms with E-state index in [0.29, 0.717) is 24.2 Å². The van der Waals surface area contributed by atoms with Crippen molar-refractivity contribution in [2.45, 2.75) is 113 Å². The van der Waals surface area contributed by atoms with Gasteiger partial charge in [-0.25, -0.2) is 0 Å². The molecule has 15 nitrogen and oxygen atoms in total. The van der Waals surface area contributed by atoms with E-state index in [2.05, 4.69) is 0 Å². The topological polar surface area (TPSA) is 245 Å². The fraction of sp³-hybridized carbons (Fsp3) is 0.690. The molecule has 3 aliphatic rings. The first-order chi connectivity index (χ1) is 20.8. The van der Waals surface area contributed by atoms with Crippen LogP contribution < -0.4 is 17.2 Å². The van der Waals surface area contributed by atoms with Crippen molar-refractivity contribution in [3.63, 3.8) is 0 Å². The summed E-state index contributed by atoms with van der Waals surface area (Å²) in [6, 6.07) is 3.76. The summed E-state index contributed by atoms with van der Waals surface area (Å²) in [6.07, 6.45) is -3.47. The molecule has 2 aliphatic heterocycles. The van der Waals surface area contributed by atoms with E-state index in [1.807, 2.05) is 6.92 Å².